The van der Waals surface area contributed by atoms with Crippen LogP contribution in [0.5, 0.6) is 0 Å². The van der Waals surface area contributed by atoms with Crippen molar-refractivity contribution in [3.63, 3.8) is 0 Å². The second-order valence-corrected chi connectivity index (χ2v) is 5.94. The van der Waals surface area contributed by atoms with Crippen molar-refractivity contribution in [2.24, 2.45) is 0 Å². The largest absolute Gasteiger partial charge is 0.350 e. The molecule has 0 saturated carbocycles. The molecule has 1 aromatic rings. The number of amides is 3. The lowest BCUT2D eigenvalue weighted by molar-refractivity contribution is -0.132. The minimum Gasteiger partial charge on any atom is -0.350 e. The van der Waals surface area contributed by atoms with Crippen LogP contribution in [0.15, 0.2) is 18.2 Å². The van der Waals surface area contributed by atoms with Gasteiger partial charge in [-0.15, -0.1) is 0 Å². The summed E-state index contributed by atoms with van der Waals surface area (Å²) >= 11 is 0. The first-order chi connectivity index (χ1) is 10.9. The summed E-state index contributed by atoms with van der Waals surface area (Å²) in [6.45, 7) is 6.69. The van der Waals surface area contributed by atoms with E-state index in [2.05, 4.69) is 10.6 Å². The fourth-order valence-electron chi connectivity index (χ4n) is 2.72. The molecule has 1 saturated heterocycles. The summed E-state index contributed by atoms with van der Waals surface area (Å²) in [5.74, 6) is -0.411. The third kappa shape index (κ3) is 4.31. The highest BCUT2D eigenvalue weighted by Gasteiger charge is 2.31. The Hall–Kier alpha value is -2.37. The number of hydrogen-bond donors (Lipinski definition) is 2. The molecule has 2 N–H and O–H groups in total. The predicted molar refractivity (Wildman–Crippen MR) is 87.1 cm³/mol. The maximum absolute atomic E-state index is 12.2. The molecule has 0 aliphatic carbocycles. The molecule has 0 aromatic heterocycles. The molecule has 0 radical (unpaired) electrons. The molecular formula is C17H23N3O3. The van der Waals surface area contributed by atoms with E-state index in [-0.39, 0.29) is 17.7 Å². The Labute approximate surface area is 136 Å². The zero-order valence-corrected chi connectivity index (χ0v) is 13.8. The minimum atomic E-state index is -0.429. The van der Waals surface area contributed by atoms with Crippen molar-refractivity contribution in [3.05, 3.63) is 34.9 Å². The van der Waals surface area contributed by atoms with Crippen LogP contribution < -0.4 is 10.6 Å². The zero-order chi connectivity index (χ0) is 17.0. The molecule has 23 heavy (non-hydrogen) atoms. The van der Waals surface area contributed by atoms with Crippen LogP contribution in [0.25, 0.3) is 0 Å². The van der Waals surface area contributed by atoms with Gasteiger partial charge in [-0.05, 0) is 31.9 Å². The summed E-state index contributed by atoms with van der Waals surface area (Å²) < 4.78 is 0. The number of rotatable bonds is 5. The third-order valence-corrected chi connectivity index (χ3v) is 3.98. The quantitative estimate of drug-likeness (QED) is 0.842. The first kappa shape index (κ1) is 17.0. The second-order valence-electron chi connectivity index (χ2n) is 5.94. The zero-order valence-electron chi connectivity index (χ0n) is 13.8. The minimum absolute atomic E-state index is 0.0822. The van der Waals surface area contributed by atoms with E-state index in [4.69, 9.17) is 0 Å². The molecule has 1 atom stereocenters. The molecule has 2 rings (SSSR count). The van der Waals surface area contributed by atoms with Gasteiger partial charge in [-0.3, -0.25) is 14.4 Å². The average molecular weight is 317 g/mol. The van der Waals surface area contributed by atoms with Gasteiger partial charge >= 0.3 is 0 Å². The van der Waals surface area contributed by atoms with Crippen LogP contribution in [0.1, 0.15) is 34.8 Å². The molecule has 1 aliphatic rings. The van der Waals surface area contributed by atoms with Crippen molar-refractivity contribution >= 4 is 17.7 Å². The monoisotopic (exact) mass is 317 g/mol. The van der Waals surface area contributed by atoms with Crippen molar-refractivity contribution in [2.45, 2.75) is 33.2 Å². The van der Waals surface area contributed by atoms with Gasteiger partial charge in [-0.25, -0.2) is 0 Å². The van der Waals surface area contributed by atoms with Gasteiger partial charge in [0.2, 0.25) is 11.8 Å². The fraction of sp³-hybridized carbons (Fsp3) is 0.471. The number of nitrogens with zero attached hydrogens (tertiary/aromatic N) is 1. The van der Waals surface area contributed by atoms with Gasteiger partial charge in [0.15, 0.2) is 0 Å². The summed E-state index contributed by atoms with van der Waals surface area (Å²) in [5.41, 5.74) is 2.62. The average Bonchev–Trinajstić information content (AvgIpc) is 2.82. The highest BCUT2D eigenvalue weighted by molar-refractivity contribution is 5.95. The normalized spacial score (nSPS) is 17.3. The predicted octanol–water partition coefficient (Wildman–Crippen LogP) is 0.770. The Morgan fingerprint density at radius 3 is 2.74 bits per heavy atom. The third-order valence-electron chi connectivity index (χ3n) is 3.98. The summed E-state index contributed by atoms with van der Waals surface area (Å²) in [7, 11) is 0. The van der Waals surface area contributed by atoms with Crippen molar-refractivity contribution in [2.75, 3.05) is 19.6 Å². The van der Waals surface area contributed by atoms with E-state index in [1.54, 1.807) is 4.90 Å². The van der Waals surface area contributed by atoms with Crippen LogP contribution in [0.2, 0.25) is 0 Å². The molecule has 1 fully saturated rings. The standard InChI is InChI=1S/C17H23N3O3/c1-11-4-5-12(2)14(10-11)16(22)18-7-9-20-8-6-15(17(20)23)19-13(3)21/h4-5,10,15H,6-9H2,1-3H3,(H,18,22)(H,19,21). The summed E-state index contributed by atoms with van der Waals surface area (Å²) in [4.78, 5) is 37.0. The molecule has 0 spiro atoms. The summed E-state index contributed by atoms with van der Waals surface area (Å²) in [6.07, 6.45) is 0.614. The van der Waals surface area contributed by atoms with Gasteiger partial charge in [-0.2, -0.15) is 0 Å². The van der Waals surface area contributed by atoms with Gasteiger partial charge < -0.3 is 15.5 Å². The lowest BCUT2D eigenvalue weighted by atomic mass is 10.1. The number of carbonyl (C=O) groups excluding carboxylic acids is 3. The number of aryl methyl sites for hydroxylation is 2. The Morgan fingerprint density at radius 1 is 1.30 bits per heavy atom. The van der Waals surface area contributed by atoms with E-state index in [0.717, 1.165) is 11.1 Å². The van der Waals surface area contributed by atoms with Crippen LogP contribution in [-0.4, -0.2) is 48.3 Å². The van der Waals surface area contributed by atoms with Gasteiger partial charge in [0.05, 0.1) is 0 Å². The maximum atomic E-state index is 12.2. The molecule has 1 unspecified atom stereocenters. The highest BCUT2D eigenvalue weighted by Crippen LogP contribution is 2.12. The van der Waals surface area contributed by atoms with Gasteiger partial charge in [0.25, 0.3) is 5.91 Å². The molecule has 6 heteroatoms. The first-order valence-electron chi connectivity index (χ1n) is 7.80. The van der Waals surface area contributed by atoms with E-state index >= 15 is 0 Å². The Morgan fingerprint density at radius 2 is 2.04 bits per heavy atom. The van der Waals surface area contributed by atoms with Crippen LogP contribution in [-0.2, 0) is 9.59 Å². The summed E-state index contributed by atoms with van der Waals surface area (Å²) in [6, 6.07) is 5.32. The number of likely N-dealkylation sites (tertiary alicyclic amines) is 1. The van der Waals surface area contributed by atoms with Crippen molar-refractivity contribution < 1.29 is 14.4 Å². The fourth-order valence-corrected chi connectivity index (χ4v) is 2.72. The van der Waals surface area contributed by atoms with E-state index in [1.807, 2.05) is 32.0 Å². The van der Waals surface area contributed by atoms with Crippen LogP contribution >= 0.6 is 0 Å². The number of benzene rings is 1. The Balaban J connectivity index is 1.83. The SMILES string of the molecule is CC(=O)NC1CCN(CCNC(=O)c2cc(C)ccc2C)C1=O. The van der Waals surface area contributed by atoms with E-state index in [9.17, 15) is 14.4 Å². The van der Waals surface area contributed by atoms with Crippen molar-refractivity contribution in [1.29, 1.82) is 0 Å². The lowest BCUT2D eigenvalue weighted by Crippen LogP contribution is -2.42. The van der Waals surface area contributed by atoms with Crippen LogP contribution in [0, 0.1) is 13.8 Å². The van der Waals surface area contributed by atoms with Gasteiger partial charge in [-0.1, -0.05) is 17.7 Å². The Kier molecular flexibility index (Phi) is 5.36. The molecule has 0 bridgehead atoms. The number of hydrogen-bond acceptors (Lipinski definition) is 3. The van der Waals surface area contributed by atoms with Crippen molar-refractivity contribution in [1.82, 2.24) is 15.5 Å². The van der Waals surface area contributed by atoms with E-state index in [1.165, 1.54) is 6.92 Å². The molecule has 1 aromatic carbocycles. The smallest absolute Gasteiger partial charge is 0.251 e. The molecule has 1 aliphatic heterocycles. The highest BCUT2D eigenvalue weighted by atomic mass is 16.2. The van der Waals surface area contributed by atoms with Crippen LogP contribution in [0.4, 0.5) is 0 Å². The second kappa shape index (κ2) is 7.26. The number of nitrogens with one attached hydrogen (secondary N) is 2. The first-order valence-corrected chi connectivity index (χ1v) is 7.80. The van der Waals surface area contributed by atoms with Gasteiger partial charge in [0.1, 0.15) is 6.04 Å². The van der Waals surface area contributed by atoms with E-state index in [0.29, 0.717) is 31.6 Å². The van der Waals surface area contributed by atoms with E-state index < -0.39 is 6.04 Å². The molecule has 124 valence electrons. The number of carbonyl (C=O) groups is 3. The van der Waals surface area contributed by atoms with Gasteiger partial charge in [0, 0.05) is 32.1 Å². The Bertz CT molecular complexity index is 628. The molecular weight excluding hydrogens is 294 g/mol. The lowest BCUT2D eigenvalue weighted by Gasteiger charge is -2.17. The van der Waals surface area contributed by atoms with Crippen LogP contribution in [0.3, 0.4) is 0 Å². The molecule has 1 heterocycles. The maximum Gasteiger partial charge on any atom is 0.251 e. The van der Waals surface area contributed by atoms with Crippen molar-refractivity contribution in [3.8, 4) is 0 Å². The molecule has 6 nitrogen and oxygen atoms in total. The molecule has 3 amide bonds. The summed E-state index contributed by atoms with van der Waals surface area (Å²) in [5, 5.41) is 5.49. The topological polar surface area (TPSA) is 78.5 Å².